The number of aliphatic hydroxyl groups excluding tert-OH is 3. The summed E-state index contributed by atoms with van der Waals surface area (Å²) < 4.78 is 16.0. The van der Waals surface area contributed by atoms with Crippen molar-refractivity contribution in [3.05, 3.63) is 29.8 Å². The molecule has 0 aromatic heterocycles. The zero-order valence-electron chi connectivity index (χ0n) is 18.4. The van der Waals surface area contributed by atoms with Gasteiger partial charge in [0.15, 0.2) is 17.8 Å². The molecule has 2 fully saturated rings. The van der Waals surface area contributed by atoms with Gasteiger partial charge in [-0.3, -0.25) is 4.79 Å². The lowest BCUT2D eigenvalue weighted by Gasteiger charge is -2.40. The Labute approximate surface area is 195 Å². The second-order valence-electron chi connectivity index (χ2n) is 8.61. The smallest absolute Gasteiger partial charge is 0.330 e. The Balaban J connectivity index is 1.49. The van der Waals surface area contributed by atoms with Crippen molar-refractivity contribution in [2.24, 2.45) is 0 Å². The van der Waals surface area contributed by atoms with Gasteiger partial charge in [0.1, 0.15) is 36.8 Å². The van der Waals surface area contributed by atoms with Crippen LogP contribution in [-0.2, 0) is 23.8 Å². The van der Waals surface area contributed by atoms with Gasteiger partial charge in [-0.25, -0.2) is 4.79 Å². The van der Waals surface area contributed by atoms with Gasteiger partial charge >= 0.3 is 5.97 Å². The lowest BCUT2D eigenvalue weighted by molar-refractivity contribution is -0.303. The fourth-order valence-corrected chi connectivity index (χ4v) is 3.82. The molecule has 11 nitrogen and oxygen atoms in total. The van der Waals surface area contributed by atoms with Crippen LogP contribution in [-0.4, -0.2) is 91.9 Å². The van der Waals surface area contributed by atoms with Gasteiger partial charge in [0.2, 0.25) is 0 Å². The van der Waals surface area contributed by atoms with E-state index in [0.29, 0.717) is 31.2 Å². The van der Waals surface area contributed by atoms with Crippen LogP contribution in [0.1, 0.15) is 37.7 Å². The number of ether oxygens (including phenoxy) is 3. The van der Waals surface area contributed by atoms with E-state index in [-0.39, 0.29) is 30.3 Å². The van der Waals surface area contributed by atoms with Crippen LogP contribution in [0.2, 0.25) is 0 Å². The first-order valence-corrected chi connectivity index (χ1v) is 11.0. The van der Waals surface area contributed by atoms with Crippen LogP contribution in [0.25, 0.3) is 6.08 Å². The number of phenols is 2. The summed E-state index contributed by atoms with van der Waals surface area (Å²) in [4.78, 5) is 23.4. The monoisotopic (exact) mass is 482 g/mol. The molecule has 0 radical (unpaired) electrons. The third-order valence-corrected chi connectivity index (χ3v) is 6.06. The van der Waals surface area contributed by atoms with Gasteiger partial charge < -0.3 is 44.8 Å². The van der Waals surface area contributed by atoms with Crippen LogP contribution >= 0.6 is 0 Å². The van der Waals surface area contributed by atoms with Gasteiger partial charge in [-0.15, -0.1) is 0 Å². The van der Waals surface area contributed by atoms with Gasteiger partial charge in [0.25, 0.3) is 0 Å². The van der Waals surface area contributed by atoms with E-state index in [0.717, 1.165) is 6.08 Å². The SMILES string of the molecule is O=C1CCC(O)(CCO[C@@H]2O[C@H](COC(=O)C=Cc3ccc(O)c(O)c3)[C@@H](O)[C@H](O)[C@H]2O)CC1. The van der Waals surface area contributed by atoms with Crippen molar-refractivity contribution in [1.29, 1.82) is 0 Å². The Morgan fingerprint density at radius 2 is 1.79 bits per heavy atom. The largest absolute Gasteiger partial charge is 0.504 e. The van der Waals surface area contributed by atoms with E-state index in [4.69, 9.17) is 14.2 Å². The molecule has 0 amide bonds. The average Bonchev–Trinajstić information content (AvgIpc) is 2.81. The molecule has 1 aliphatic heterocycles. The van der Waals surface area contributed by atoms with Crippen molar-refractivity contribution in [3.63, 3.8) is 0 Å². The van der Waals surface area contributed by atoms with E-state index in [1.807, 2.05) is 0 Å². The highest BCUT2D eigenvalue weighted by Gasteiger charge is 2.45. The minimum atomic E-state index is -1.62. The molecule has 1 saturated carbocycles. The predicted molar refractivity (Wildman–Crippen MR) is 115 cm³/mol. The molecule has 6 N–H and O–H groups in total. The Kier molecular flexibility index (Phi) is 8.63. The number of esters is 1. The summed E-state index contributed by atoms with van der Waals surface area (Å²) >= 11 is 0. The van der Waals surface area contributed by atoms with Crippen LogP contribution in [0.3, 0.4) is 0 Å². The second kappa shape index (κ2) is 11.3. The molecule has 1 aliphatic carbocycles. The van der Waals surface area contributed by atoms with Gasteiger partial charge in [0, 0.05) is 18.9 Å². The van der Waals surface area contributed by atoms with E-state index in [9.17, 15) is 40.2 Å². The standard InChI is InChI=1S/C23H30O11/c24-14-5-7-23(31,8-6-14)9-10-32-22-21(30)20(29)19(28)17(34-22)12-33-18(27)4-2-13-1-3-15(25)16(26)11-13/h1-4,11,17,19-22,25-26,28-31H,5-10,12H2/t17-,19-,20+,21-,22-/m1/s1. The molecule has 0 spiro atoms. The zero-order chi connectivity index (χ0) is 24.9. The average molecular weight is 482 g/mol. The number of hydrogen-bond acceptors (Lipinski definition) is 11. The molecule has 1 saturated heterocycles. The normalized spacial score (nSPS) is 29.3. The fourth-order valence-electron chi connectivity index (χ4n) is 3.82. The molecule has 1 aromatic rings. The Hall–Kier alpha value is -2.54. The third kappa shape index (κ3) is 6.75. The van der Waals surface area contributed by atoms with Crippen molar-refractivity contribution in [2.45, 2.75) is 68.4 Å². The van der Waals surface area contributed by atoms with Crippen molar-refractivity contribution >= 4 is 17.8 Å². The van der Waals surface area contributed by atoms with E-state index < -0.39 is 48.9 Å². The highest BCUT2D eigenvalue weighted by atomic mass is 16.7. The van der Waals surface area contributed by atoms with Crippen molar-refractivity contribution < 1.29 is 54.4 Å². The number of aliphatic hydroxyl groups is 4. The molecule has 188 valence electrons. The quantitative estimate of drug-likeness (QED) is 0.163. The summed E-state index contributed by atoms with van der Waals surface area (Å²) in [5.74, 6) is -1.35. The third-order valence-electron chi connectivity index (χ3n) is 6.06. The van der Waals surface area contributed by atoms with E-state index in [1.165, 1.54) is 24.3 Å². The maximum atomic E-state index is 12.0. The van der Waals surface area contributed by atoms with Crippen LogP contribution in [0.15, 0.2) is 24.3 Å². The first-order chi connectivity index (χ1) is 16.1. The molecular formula is C23H30O11. The molecule has 3 rings (SSSR count). The number of phenolic OH excluding ortho intramolecular Hbond substituents is 2. The maximum absolute atomic E-state index is 12.0. The van der Waals surface area contributed by atoms with Gasteiger partial charge in [-0.2, -0.15) is 0 Å². The number of Topliss-reactive ketones (excluding diaryl/α,β-unsaturated/α-hetero) is 1. The molecule has 0 unspecified atom stereocenters. The second-order valence-corrected chi connectivity index (χ2v) is 8.61. The number of rotatable bonds is 8. The predicted octanol–water partition coefficient (Wildman–Crippen LogP) is -0.257. The summed E-state index contributed by atoms with van der Waals surface area (Å²) in [7, 11) is 0. The summed E-state index contributed by atoms with van der Waals surface area (Å²) in [6.45, 7) is -0.467. The first-order valence-electron chi connectivity index (χ1n) is 11.0. The molecule has 5 atom stereocenters. The molecule has 1 heterocycles. The van der Waals surface area contributed by atoms with E-state index in [1.54, 1.807) is 0 Å². The Morgan fingerprint density at radius 1 is 1.09 bits per heavy atom. The molecule has 11 heteroatoms. The van der Waals surface area contributed by atoms with Gasteiger partial charge in [0.05, 0.1) is 12.2 Å². The zero-order valence-corrected chi connectivity index (χ0v) is 18.4. The topological polar surface area (TPSA) is 183 Å². The van der Waals surface area contributed by atoms with Gasteiger partial charge in [-0.05, 0) is 43.0 Å². The molecule has 2 aliphatic rings. The molecular weight excluding hydrogens is 452 g/mol. The Morgan fingerprint density at radius 3 is 2.47 bits per heavy atom. The maximum Gasteiger partial charge on any atom is 0.330 e. The summed E-state index contributed by atoms with van der Waals surface area (Å²) in [5.41, 5.74) is -0.626. The summed E-state index contributed by atoms with van der Waals surface area (Å²) in [5, 5.41) is 59.8. The van der Waals surface area contributed by atoms with Gasteiger partial charge in [-0.1, -0.05) is 6.07 Å². The number of hydrogen-bond donors (Lipinski definition) is 6. The van der Waals surface area contributed by atoms with Crippen LogP contribution in [0.4, 0.5) is 0 Å². The van der Waals surface area contributed by atoms with Crippen LogP contribution < -0.4 is 0 Å². The number of benzene rings is 1. The van der Waals surface area contributed by atoms with Crippen LogP contribution in [0, 0.1) is 0 Å². The Bertz CT molecular complexity index is 889. The van der Waals surface area contributed by atoms with Crippen molar-refractivity contribution in [1.82, 2.24) is 0 Å². The number of carbonyl (C=O) groups excluding carboxylic acids is 2. The minimum Gasteiger partial charge on any atom is -0.504 e. The van der Waals surface area contributed by atoms with E-state index in [2.05, 4.69) is 0 Å². The highest BCUT2D eigenvalue weighted by Crippen LogP contribution is 2.30. The van der Waals surface area contributed by atoms with Crippen molar-refractivity contribution in [2.75, 3.05) is 13.2 Å². The minimum absolute atomic E-state index is 0.0239. The van der Waals surface area contributed by atoms with E-state index >= 15 is 0 Å². The lowest BCUT2D eigenvalue weighted by Crippen LogP contribution is -2.59. The molecule has 34 heavy (non-hydrogen) atoms. The van der Waals surface area contributed by atoms with Crippen molar-refractivity contribution in [3.8, 4) is 11.5 Å². The fraction of sp³-hybridized carbons (Fsp3) is 0.565. The summed E-state index contributed by atoms with van der Waals surface area (Å²) in [6, 6.07) is 3.97. The lowest BCUT2D eigenvalue weighted by atomic mass is 9.82. The number of carbonyl (C=O) groups is 2. The molecule has 1 aromatic carbocycles. The molecule has 0 bridgehead atoms. The number of ketones is 1. The number of aromatic hydroxyl groups is 2. The first kappa shape index (κ1) is 26.1. The highest BCUT2D eigenvalue weighted by molar-refractivity contribution is 5.87. The summed E-state index contributed by atoms with van der Waals surface area (Å²) in [6.07, 6.45) is -3.42. The van der Waals surface area contributed by atoms with Crippen LogP contribution in [0.5, 0.6) is 11.5 Å².